The van der Waals surface area contributed by atoms with Gasteiger partial charge in [0.05, 0.1) is 17.3 Å². The first-order valence-corrected chi connectivity index (χ1v) is 11.0. The molecule has 4 unspecified atom stereocenters. The summed E-state index contributed by atoms with van der Waals surface area (Å²) < 4.78 is 10.8. The topological polar surface area (TPSA) is 81.4 Å². The second-order valence-corrected chi connectivity index (χ2v) is 8.82. The molecule has 0 spiro atoms. The minimum absolute atomic E-state index is 0.105. The molecule has 5 rings (SSSR count). The smallest absolute Gasteiger partial charge is 0.339 e. The fourth-order valence-electron chi connectivity index (χ4n) is 5.41. The predicted molar refractivity (Wildman–Crippen MR) is 116 cm³/mol. The van der Waals surface area contributed by atoms with Crippen LogP contribution in [0.2, 0.25) is 0 Å². The predicted octanol–water partition coefficient (Wildman–Crippen LogP) is 4.59. The van der Waals surface area contributed by atoms with Crippen molar-refractivity contribution in [1.82, 2.24) is 10.3 Å². The van der Waals surface area contributed by atoms with Gasteiger partial charge in [-0.1, -0.05) is 24.6 Å². The number of aromatic nitrogens is 1. The molecule has 1 amide bonds. The van der Waals surface area contributed by atoms with Gasteiger partial charge in [-0.2, -0.15) is 0 Å². The van der Waals surface area contributed by atoms with Crippen molar-refractivity contribution >= 4 is 22.8 Å². The lowest BCUT2D eigenvalue weighted by molar-refractivity contribution is -0.125. The zero-order valence-corrected chi connectivity index (χ0v) is 17.5. The number of para-hydroxylation sites is 1. The van der Waals surface area contributed by atoms with E-state index in [1.54, 1.807) is 24.5 Å². The summed E-state index contributed by atoms with van der Waals surface area (Å²) in [4.78, 5) is 29.9. The first-order chi connectivity index (χ1) is 15.1. The molecule has 0 radical (unpaired) electrons. The van der Waals surface area contributed by atoms with Gasteiger partial charge in [-0.3, -0.25) is 4.79 Å². The van der Waals surface area contributed by atoms with Crippen LogP contribution in [0.5, 0.6) is 0 Å². The zero-order chi connectivity index (χ0) is 21.4. The van der Waals surface area contributed by atoms with E-state index in [4.69, 9.17) is 9.15 Å². The summed E-state index contributed by atoms with van der Waals surface area (Å²) in [6, 6.07) is 12.7. The number of benzene rings is 1. The summed E-state index contributed by atoms with van der Waals surface area (Å²) in [6.07, 6.45) is 6.67. The molecule has 2 aliphatic carbocycles. The van der Waals surface area contributed by atoms with Gasteiger partial charge >= 0.3 is 5.97 Å². The molecule has 1 N–H and O–H groups in total. The van der Waals surface area contributed by atoms with E-state index < -0.39 is 5.97 Å². The van der Waals surface area contributed by atoms with E-state index in [9.17, 15) is 9.59 Å². The van der Waals surface area contributed by atoms with Crippen LogP contribution in [0, 0.1) is 17.8 Å². The van der Waals surface area contributed by atoms with E-state index in [1.807, 2.05) is 24.3 Å². The van der Waals surface area contributed by atoms with Crippen molar-refractivity contribution in [1.29, 1.82) is 0 Å². The Morgan fingerprint density at radius 3 is 2.81 bits per heavy atom. The number of ether oxygens (including phenoxy) is 1. The first-order valence-electron chi connectivity index (χ1n) is 11.0. The molecule has 6 nitrogen and oxygen atoms in total. The van der Waals surface area contributed by atoms with Gasteiger partial charge in [-0.15, -0.1) is 0 Å². The Bertz CT molecular complexity index is 1110. The maximum Gasteiger partial charge on any atom is 0.339 e. The molecule has 6 heteroatoms. The normalized spacial score (nSPS) is 23.1. The number of nitrogens with zero attached hydrogens (tertiary/aromatic N) is 1. The third-order valence-electron chi connectivity index (χ3n) is 6.87. The molecule has 4 atom stereocenters. The van der Waals surface area contributed by atoms with Gasteiger partial charge in [0.15, 0.2) is 12.4 Å². The van der Waals surface area contributed by atoms with Crippen LogP contribution in [0.3, 0.4) is 0 Å². The van der Waals surface area contributed by atoms with E-state index in [0.29, 0.717) is 33.8 Å². The molecule has 2 aliphatic rings. The standard InChI is InChI=1S/C25H26N2O4/c1-15(19-12-16-8-9-17(19)11-16)26-24(28)14-31-25(29)20-13-22(23-7-4-10-30-23)27-21-6-3-2-5-18(20)21/h2-7,10,13,15-17,19H,8-9,11-12,14H2,1H3,(H,26,28). The summed E-state index contributed by atoms with van der Waals surface area (Å²) in [5.74, 6) is 1.86. The average Bonchev–Trinajstić information content (AvgIpc) is 3.55. The van der Waals surface area contributed by atoms with E-state index in [-0.39, 0.29) is 18.6 Å². The highest BCUT2D eigenvalue weighted by Gasteiger charge is 2.42. The molecule has 2 heterocycles. The van der Waals surface area contributed by atoms with Crippen molar-refractivity contribution in [2.45, 2.75) is 38.6 Å². The number of carbonyl (C=O) groups is 2. The van der Waals surface area contributed by atoms with Gasteiger partial charge in [0, 0.05) is 11.4 Å². The van der Waals surface area contributed by atoms with Crippen LogP contribution in [-0.4, -0.2) is 29.5 Å². The maximum absolute atomic E-state index is 12.9. The van der Waals surface area contributed by atoms with Crippen molar-refractivity contribution in [3.05, 3.63) is 54.3 Å². The quantitative estimate of drug-likeness (QED) is 0.592. The Morgan fingerprint density at radius 2 is 2.06 bits per heavy atom. The number of esters is 1. The number of fused-ring (bicyclic) bond motifs is 3. The van der Waals surface area contributed by atoms with Crippen molar-refractivity contribution in [3.8, 4) is 11.5 Å². The van der Waals surface area contributed by atoms with Crippen LogP contribution < -0.4 is 5.32 Å². The maximum atomic E-state index is 12.9. The molecule has 0 saturated heterocycles. The first kappa shape index (κ1) is 19.8. The number of nitrogens with one attached hydrogen (secondary N) is 1. The highest BCUT2D eigenvalue weighted by atomic mass is 16.5. The lowest BCUT2D eigenvalue weighted by atomic mass is 9.84. The minimum Gasteiger partial charge on any atom is -0.463 e. The highest BCUT2D eigenvalue weighted by Crippen LogP contribution is 2.49. The molecule has 2 bridgehead atoms. The number of hydrogen-bond acceptors (Lipinski definition) is 5. The van der Waals surface area contributed by atoms with Gasteiger partial charge in [0.25, 0.3) is 5.91 Å². The van der Waals surface area contributed by atoms with Crippen molar-refractivity contribution < 1.29 is 18.7 Å². The van der Waals surface area contributed by atoms with Crippen molar-refractivity contribution in [3.63, 3.8) is 0 Å². The molecule has 1 aromatic carbocycles. The van der Waals surface area contributed by atoms with Gasteiger partial charge < -0.3 is 14.5 Å². The Morgan fingerprint density at radius 1 is 1.19 bits per heavy atom. The second kappa shape index (κ2) is 8.17. The summed E-state index contributed by atoms with van der Waals surface area (Å²) in [6.45, 7) is 1.77. The molecule has 2 aromatic heterocycles. The average molecular weight is 418 g/mol. The largest absolute Gasteiger partial charge is 0.463 e. The number of furan rings is 1. The lowest BCUT2D eigenvalue weighted by Crippen LogP contribution is -2.42. The van der Waals surface area contributed by atoms with Crippen LogP contribution in [0.1, 0.15) is 43.0 Å². The Kier molecular flexibility index (Phi) is 5.22. The second-order valence-electron chi connectivity index (χ2n) is 8.82. The van der Waals surface area contributed by atoms with Crippen molar-refractivity contribution in [2.24, 2.45) is 17.8 Å². The SMILES string of the molecule is CC(NC(=O)COC(=O)c1cc(-c2ccco2)nc2ccccc12)C1CC2CCC1C2. The fourth-order valence-corrected chi connectivity index (χ4v) is 5.41. The Hall–Kier alpha value is -3.15. The molecule has 2 fully saturated rings. The molecule has 160 valence electrons. The fraction of sp³-hybridized carbons (Fsp3) is 0.400. The number of pyridine rings is 1. The van der Waals surface area contributed by atoms with E-state index in [1.165, 1.54) is 25.7 Å². The third-order valence-corrected chi connectivity index (χ3v) is 6.87. The number of rotatable bonds is 6. The highest BCUT2D eigenvalue weighted by molar-refractivity contribution is 6.05. The summed E-state index contributed by atoms with van der Waals surface area (Å²) >= 11 is 0. The molecular formula is C25H26N2O4. The van der Waals surface area contributed by atoms with Crippen molar-refractivity contribution in [2.75, 3.05) is 6.61 Å². The van der Waals surface area contributed by atoms with E-state index >= 15 is 0 Å². The van der Waals surface area contributed by atoms with Crippen LogP contribution in [-0.2, 0) is 9.53 Å². The Balaban J connectivity index is 1.27. The number of amides is 1. The molecule has 0 aliphatic heterocycles. The number of hydrogen-bond donors (Lipinski definition) is 1. The van der Waals surface area contributed by atoms with Crippen LogP contribution in [0.25, 0.3) is 22.4 Å². The zero-order valence-electron chi connectivity index (χ0n) is 17.5. The Labute approximate surface area is 181 Å². The minimum atomic E-state index is -0.547. The summed E-state index contributed by atoms with van der Waals surface area (Å²) in [7, 11) is 0. The molecular weight excluding hydrogens is 392 g/mol. The third kappa shape index (κ3) is 3.94. The monoisotopic (exact) mass is 418 g/mol. The summed E-state index contributed by atoms with van der Waals surface area (Å²) in [5, 5.41) is 3.72. The summed E-state index contributed by atoms with van der Waals surface area (Å²) in [5.41, 5.74) is 1.58. The van der Waals surface area contributed by atoms with E-state index in [2.05, 4.69) is 17.2 Å². The van der Waals surface area contributed by atoms with E-state index in [0.717, 1.165) is 11.8 Å². The van der Waals surface area contributed by atoms with Gasteiger partial charge in [0.1, 0.15) is 5.69 Å². The molecule has 3 aromatic rings. The van der Waals surface area contributed by atoms with Gasteiger partial charge in [-0.05, 0) is 68.2 Å². The lowest BCUT2D eigenvalue weighted by Gasteiger charge is -2.28. The molecule has 31 heavy (non-hydrogen) atoms. The van der Waals surface area contributed by atoms with Gasteiger partial charge in [-0.25, -0.2) is 9.78 Å². The van der Waals surface area contributed by atoms with Gasteiger partial charge in [0.2, 0.25) is 0 Å². The molecule has 2 saturated carbocycles. The van der Waals surface area contributed by atoms with Crippen LogP contribution in [0.4, 0.5) is 0 Å². The number of carbonyl (C=O) groups excluding carboxylic acids is 2. The van der Waals surface area contributed by atoms with Crippen LogP contribution in [0.15, 0.2) is 53.1 Å². The van der Waals surface area contributed by atoms with Crippen LogP contribution >= 0.6 is 0 Å².